The maximum absolute atomic E-state index is 12.5. The maximum atomic E-state index is 12.5. The third-order valence-corrected chi connectivity index (χ3v) is 4.27. The summed E-state index contributed by atoms with van der Waals surface area (Å²) in [5.74, 6) is 0.00367. The normalized spacial score (nSPS) is 13.5. The SMILES string of the molecule is O=C(NCc1ccccc1)C1=Cc2c[nH]c3nccc(c23)CC1. The summed E-state index contributed by atoms with van der Waals surface area (Å²) in [6, 6.07) is 12.0. The topological polar surface area (TPSA) is 57.8 Å². The Morgan fingerprint density at radius 2 is 2.04 bits per heavy atom. The van der Waals surface area contributed by atoms with E-state index in [9.17, 15) is 4.79 Å². The highest BCUT2D eigenvalue weighted by Crippen LogP contribution is 2.28. The summed E-state index contributed by atoms with van der Waals surface area (Å²) in [6.45, 7) is 0.550. The zero-order valence-corrected chi connectivity index (χ0v) is 12.7. The second-order valence-electron chi connectivity index (χ2n) is 5.78. The molecule has 0 fully saturated rings. The van der Waals surface area contributed by atoms with Crippen LogP contribution in [0.25, 0.3) is 17.1 Å². The second-order valence-corrected chi connectivity index (χ2v) is 5.78. The molecule has 2 aromatic heterocycles. The summed E-state index contributed by atoms with van der Waals surface area (Å²) < 4.78 is 0. The molecule has 1 amide bonds. The van der Waals surface area contributed by atoms with Crippen molar-refractivity contribution in [3.8, 4) is 0 Å². The van der Waals surface area contributed by atoms with Gasteiger partial charge in [0.2, 0.25) is 5.91 Å². The number of aromatic amines is 1. The number of nitrogens with one attached hydrogen (secondary N) is 2. The average Bonchev–Trinajstić information content (AvgIpc) is 2.90. The van der Waals surface area contributed by atoms with Crippen LogP contribution in [0.2, 0.25) is 0 Å². The Bertz CT molecular complexity index is 893. The molecule has 4 rings (SSSR count). The monoisotopic (exact) mass is 303 g/mol. The Kier molecular flexibility index (Phi) is 3.42. The van der Waals surface area contributed by atoms with Gasteiger partial charge in [0.15, 0.2) is 0 Å². The Labute approximate surface area is 134 Å². The Morgan fingerprint density at radius 1 is 1.17 bits per heavy atom. The van der Waals surface area contributed by atoms with Crippen molar-refractivity contribution in [1.82, 2.24) is 15.3 Å². The summed E-state index contributed by atoms with van der Waals surface area (Å²) in [5.41, 5.74) is 5.10. The van der Waals surface area contributed by atoms with Gasteiger partial charge in [0.1, 0.15) is 5.65 Å². The third kappa shape index (κ3) is 2.63. The van der Waals surface area contributed by atoms with Crippen LogP contribution < -0.4 is 5.32 Å². The van der Waals surface area contributed by atoms with Crippen molar-refractivity contribution in [1.29, 1.82) is 0 Å². The number of nitrogens with zero attached hydrogens (tertiary/aromatic N) is 1. The largest absolute Gasteiger partial charge is 0.348 e. The van der Waals surface area contributed by atoms with E-state index in [1.165, 1.54) is 5.56 Å². The van der Waals surface area contributed by atoms with Crippen LogP contribution in [0.3, 0.4) is 0 Å². The minimum atomic E-state index is 0.00367. The van der Waals surface area contributed by atoms with E-state index in [1.54, 1.807) is 0 Å². The molecule has 2 heterocycles. The number of rotatable bonds is 3. The number of pyridine rings is 1. The van der Waals surface area contributed by atoms with Crippen molar-refractivity contribution in [2.24, 2.45) is 0 Å². The highest BCUT2D eigenvalue weighted by molar-refractivity contribution is 6.01. The molecule has 23 heavy (non-hydrogen) atoms. The van der Waals surface area contributed by atoms with Gasteiger partial charge in [0.25, 0.3) is 0 Å². The predicted octanol–water partition coefficient (Wildman–Crippen LogP) is 3.21. The summed E-state index contributed by atoms with van der Waals surface area (Å²) >= 11 is 0. The fourth-order valence-electron chi connectivity index (χ4n) is 3.07. The smallest absolute Gasteiger partial charge is 0.247 e. The van der Waals surface area contributed by atoms with Crippen LogP contribution >= 0.6 is 0 Å². The minimum absolute atomic E-state index is 0.00367. The molecule has 3 aromatic rings. The molecular weight excluding hydrogens is 286 g/mol. The van der Waals surface area contributed by atoms with Crippen LogP contribution in [0.1, 0.15) is 23.1 Å². The fraction of sp³-hybridized carbons (Fsp3) is 0.158. The van der Waals surface area contributed by atoms with Gasteiger partial charge in [0.05, 0.1) is 0 Å². The first kappa shape index (κ1) is 13.8. The van der Waals surface area contributed by atoms with Gasteiger partial charge in [0, 0.05) is 35.5 Å². The van der Waals surface area contributed by atoms with Crippen LogP contribution in [-0.2, 0) is 17.8 Å². The van der Waals surface area contributed by atoms with Crippen molar-refractivity contribution < 1.29 is 4.79 Å². The molecule has 0 bridgehead atoms. The lowest BCUT2D eigenvalue weighted by Gasteiger charge is -2.08. The van der Waals surface area contributed by atoms with Crippen molar-refractivity contribution >= 4 is 23.0 Å². The summed E-state index contributed by atoms with van der Waals surface area (Å²) in [4.78, 5) is 20.0. The molecule has 4 nitrogen and oxygen atoms in total. The van der Waals surface area contributed by atoms with Crippen molar-refractivity contribution in [2.45, 2.75) is 19.4 Å². The van der Waals surface area contributed by atoms with E-state index >= 15 is 0 Å². The van der Waals surface area contributed by atoms with Gasteiger partial charge in [-0.3, -0.25) is 4.79 Å². The number of carbonyl (C=O) groups excluding carboxylic acids is 1. The molecule has 1 aliphatic carbocycles. The summed E-state index contributed by atoms with van der Waals surface area (Å²) in [6.07, 6.45) is 7.33. The van der Waals surface area contributed by atoms with Crippen LogP contribution in [0, 0.1) is 0 Å². The predicted molar refractivity (Wildman–Crippen MR) is 90.7 cm³/mol. The van der Waals surface area contributed by atoms with E-state index in [0.717, 1.165) is 40.6 Å². The summed E-state index contributed by atoms with van der Waals surface area (Å²) in [7, 11) is 0. The average molecular weight is 303 g/mol. The Hall–Kier alpha value is -2.88. The number of hydrogen-bond donors (Lipinski definition) is 2. The van der Waals surface area contributed by atoms with Crippen molar-refractivity contribution in [3.63, 3.8) is 0 Å². The van der Waals surface area contributed by atoms with Crippen LogP contribution in [0.5, 0.6) is 0 Å². The lowest BCUT2D eigenvalue weighted by Crippen LogP contribution is -2.24. The lowest BCUT2D eigenvalue weighted by molar-refractivity contribution is -0.117. The molecule has 0 spiro atoms. The standard InChI is InChI=1S/C19H17N3O/c23-19(22-11-13-4-2-1-3-5-13)15-7-6-14-8-9-20-18-17(14)16(10-15)12-21-18/h1-5,8-10,12H,6-7,11H2,(H,20,21)(H,22,23). The molecule has 0 unspecified atom stereocenters. The molecular formula is C19H17N3O. The lowest BCUT2D eigenvalue weighted by atomic mass is 10.1. The molecule has 4 heteroatoms. The van der Waals surface area contributed by atoms with E-state index in [1.807, 2.05) is 54.9 Å². The van der Waals surface area contributed by atoms with Crippen LogP contribution in [0.15, 0.2) is 54.4 Å². The van der Waals surface area contributed by atoms with E-state index in [4.69, 9.17) is 0 Å². The minimum Gasteiger partial charge on any atom is -0.348 e. The quantitative estimate of drug-likeness (QED) is 0.780. The van der Waals surface area contributed by atoms with Gasteiger partial charge < -0.3 is 10.3 Å². The zero-order valence-electron chi connectivity index (χ0n) is 12.7. The maximum Gasteiger partial charge on any atom is 0.247 e. The molecule has 114 valence electrons. The van der Waals surface area contributed by atoms with Gasteiger partial charge in [-0.25, -0.2) is 4.98 Å². The molecule has 2 N–H and O–H groups in total. The molecule has 1 aliphatic rings. The molecule has 0 saturated heterocycles. The molecule has 0 radical (unpaired) electrons. The fourth-order valence-corrected chi connectivity index (χ4v) is 3.07. The van der Waals surface area contributed by atoms with E-state index in [-0.39, 0.29) is 5.91 Å². The highest BCUT2D eigenvalue weighted by Gasteiger charge is 2.17. The zero-order chi connectivity index (χ0) is 15.6. The first-order valence-electron chi connectivity index (χ1n) is 7.79. The number of benzene rings is 1. The second kappa shape index (κ2) is 5.72. The van der Waals surface area contributed by atoms with Gasteiger partial charge in [-0.1, -0.05) is 30.3 Å². The highest BCUT2D eigenvalue weighted by atomic mass is 16.1. The van der Waals surface area contributed by atoms with Crippen molar-refractivity contribution in [3.05, 3.63) is 71.1 Å². The summed E-state index contributed by atoms with van der Waals surface area (Å²) in [5, 5.41) is 4.15. The number of H-pyrrole nitrogens is 1. The number of carbonyl (C=O) groups is 1. The number of aryl methyl sites for hydroxylation is 1. The van der Waals surface area contributed by atoms with Crippen LogP contribution in [0.4, 0.5) is 0 Å². The number of hydrogen-bond acceptors (Lipinski definition) is 2. The van der Waals surface area contributed by atoms with E-state index < -0.39 is 0 Å². The first-order chi connectivity index (χ1) is 11.3. The molecule has 0 atom stereocenters. The van der Waals surface area contributed by atoms with Gasteiger partial charge in [-0.15, -0.1) is 0 Å². The van der Waals surface area contributed by atoms with Crippen LogP contribution in [-0.4, -0.2) is 15.9 Å². The molecule has 1 aromatic carbocycles. The van der Waals surface area contributed by atoms with E-state index in [2.05, 4.69) is 15.3 Å². The molecule has 0 saturated carbocycles. The van der Waals surface area contributed by atoms with E-state index in [0.29, 0.717) is 6.54 Å². The first-order valence-corrected chi connectivity index (χ1v) is 7.79. The number of amides is 1. The molecule has 0 aliphatic heterocycles. The van der Waals surface area contributed by atoms with Gasteiger partial charge >= 0.3 is 0 Å². The Balaban J connectivity index is 1.57. The third-order valence-electron chi connectivity index (χ3n) is 4.27. The van der Waals surface area contributed by atoms with Gasteiger partial charge in [-0.05, 0) is 36.1 Å². The Morgan fingerprint density at radius 3 is 2.91 bits per heavy atom. The van der Waals surface area contributed by atoms with Gasteiger partial charge in [-0.2, -0.15) is 0 Å². The van der Waals surface area contributed by atoms with Crippen molar-refractivity contribution in [2.75, 3.05) is 0 Å². The number of aromatic nitrogens is 2.